The summed E-state index contributed by atoms with van der Waals surface area (Å²) in [5.41, 5.74) is 1.77. The van der Waals surface area contributed by atoms with Gasteiger partial charge in [-0.2, -0.15) is 4.52 Å². The molecular weight excluding hydrogens is 218 g/mol. The molecule has 1 aliphatic rings. The first-order chi connectivity index (χ1) is 8.24. The van der Waals surface area contributed by atoms with Crippen molar-refractivity contribution in [3.8, 4) is 0 Å². The Morgan fingerprint density at radius 2 is 2.29 bits per heavy atom. The average molecular weight is 229 g/mol. The Balaban J connectivity index is 2.05. The predicted octanol–water partition coefficient (Wildman–Crippen LogP) is 0.726. The zero-order chi connectivity index (χ0) is 11.8. The summed E-state index contributed by atoms with van der Waals surface area (Å²) in [7, 11) is 0. The van der Waals surface area contributed by atoms with E-state index in [2.05, 4.69) is 15.3 Å². The number of ketones is 1. The molecule has 1 aliphatic heterocycles. The number of hydrogen-bond donors (Lipinski definition) is 0. The summed E-state index contributed by atoms with van der Waals surface area (Å²) in [6.07, 6.45) is 5.45. The van der Waals surface area contributed by atoms with Crippen LogP contribution < -0.4 is 4.90 Å². The van der Waals surface area contributed by atoms with E-state index in [1.165, 1.54) is 0 Å². The zero-order valence-electron chi connectivity index (χ0n) is 9.37. The van der Waals surface area contributed by atoms with Gasteiger partial charge >= 0.3 is 0 Å². The van der Waals surface area contributed by atoms with Crippen LogP contribution in [0.15, 0.2) is 24.7 Å². The second kappa shape index (κ2) is 3.65. The molecule has 17 heavy (non-hydrogen) atoms. The summed E-state index contributed by atoms with van der Waals surface area (Å²) in [5.74, 6) is 0.960. The lowest BCUT2D eigenvalue weighted by atomic mass is 10.2. The molecule has 2 aromatic heterocycles. The lowest BCUT2D eigenvalue weighted by Crippen LogP contribution is -2.25. The molecule has 6 heteroatoms. The third kappa shape index (κ3) is 1.67. The van der Waals surface area contributed by atoms with Crippen LogP contribution in [0, 0.1) is 6.92 Å². The van der Waals surface area contributed by atoms with Gasteiger partial charge in [0.25, 0.3) is 0 Å². The summed E-state index contributed by atoms with van der Waals surface area (Å²) in [5, 5.41) is 12.2. The molecule has 0 unspecified atom stereocenters. The summed E-state index contributed by atoms with van der Waals surface area (Å²) in [6.45, 7) is 2.63. The van der Waals surface area contributed by atoms with Crippen molar-refractivity contribution >= 4 is 17.2 Å². The molecule has 0 N–H and O–H groups in total. The number of carbonyl (C=O) groups is 1. The first-order valence-electron chi connectivity index (χ1n) is 5.39. The van der Waals surface area contributed by atoms with Crippen molar-refractivity contribution in [1.29, 1.82) is 0 Å². The molecule has 0 atom stereocenters. The largest absolute Gasteiger partial charge is 0.331 e. The first-order valence-corrected chi connectivity index (χ1v) is 5.39. The molecule has 0 saturated carbocycles. The highest BCUT2D eigenvalue weighted by atomic mass is 16.1. The minimum absolute atomic E-state index is 0.156. The fraction of sp³-hybridized carbons (Fsp3) is 0.273. The number of allylic oxidation sites excluding steroid dienone is 1. The molecule has 3 rings (SSSR count). The minimum atomic E-state index is 0.156. The normalized spacial score (nSPS) is 15.8. The van der Waals surface area contributed by atoms with E-state index in [1.807, 2.05) is 17.9 Å². The fourth-order valence-electron chi connectivity index (χ4n) is 1.85. The molecule has 0 bridgehead atoms. The van der Waals surface area contributed by atoms with Crippen molar-refractivity contribution in [3.05, 3.63) is 30.2 Å². The molecule has 86 valence electrons. The van der Waals surface area contributed by atoms with Gasteiger partial charge in [0.2, 0.25) is 0 Å². The molecule has 0 fully saturated rings. The van der Waals surface area contributed by atoms with Gasteiger partial charge in [0.15, 0.2) is 17.2 Å². The molecule has 0 aliphatic carbocycles. The number of aryl methyl sites for hydroxylation is 1. The van der Waals surface area contributed by atoms with Crippen molar-refractivity contribution in [2.75, 3.05) is 11.4 Å². The standard InChI is InChI=1S/C11H11N5O/c1-8-6-10(14-16-7-12-13-11(8)16)15-4-2-9(17)3-5-15/h2,4,6-7H,3,5H2,1H3. The van der Waals surface area contributed by atoms with Gasteiger partial charge in [-0.3, -0.25) is 4.79 Å². The topological polar surface area (TPSA) is 63.4 Å². The summed E-state index contributed by atoms with van der Waals surface area (Å²) < 4.78 is 1.65. The number of aromatic nitrogens is 4. The van der Waals surface area contributed by atoms with Crippen molar-refractivity contribution in [3.63, 3.8) is 0 Å². The van der Waals surface area contributed by atoms with E-state index in [0.717, 1.165) is 17.0 Å². The van der Waals surface area contributed by atoms with Gasteiger partial charge < -0.3 is 4.90 Å². The van der Waals surface area contributed by atoms with E-state index in [-0.39, 0.29) is 5.78 Å². The molecule has 2 aromatic rings. The van der Waals surface area contributed by atoms with E-state index in [0.29, 0.717) is 13.0 Å². The van der Waals surface area contributed by atoms with Gasteiger partial charge in [0.1, 0.15) is 6.33 Å². The Morgan fingerprint density at radius 1 is 1.41 bits per heavy atom. The van der Waals surface area contributed by atoms with Gasteiger partial charge in [-0.05, 0) is 24.6 Å². The maximum absolute atomic E-state index is 11.1. The predicted molar refractivity (Wildman–Crippen MR) is 61.6 cm³/mol. The second-order valence-electron chi connectivity index (χ2n) is 4.01. The van der Waals surface area contributed by atoms with Gasteiger partial charge in [0, 0.05) is 19.2 Å². The third-order valence-corrected chi connectivity index (χ3v) is 2.77. The maximum atomic E-state index is 11.1. The van der Waals surface area contributed by atoms with Crippen molar-refractivity contribution in [1.82, 2.24) is 19.8 Å². The number of hydrogen-bond acceptors (Lipinski definition) is 5. The Labute approximate surface area is 97.6 Å². The van der Waals surface area contributed by atoms with Crippen molar-refractivity contribution in [2.45, 2.75) is 13.3 Å². The van der Waals surface area contributed by atoms with E-state index < -0.39 is 0 Å². The molecule has 0 aromatic carbocycles. The summed E-state index contributed by atoms with van der Waals surface area (Å²) in [4.78, 5) is 13.1. The van der Waals surface area contributed by atoms with Crippen LogP contribution >= 0.6 is 0 Å². The van der Waals surface area contributed by atoms with Crippen LogP contribution in [0.1, 0.15) is 12.0 Å². The number of carbonyl (C=O) groups excluding carboxylic acids is 1. The summed E-state index contributed by atoms with van der Waals surface area (Å²) >= 11 is 0. The monoisotopic (exact) mass is 229 g/mol. The Kier molecular flexibility index (Phi) is 2.14. The van der Waals surface area contributed by atoms with E-state index in [4.69, 9.17) is 0 Å². The van der Waals surface area contributed by atoms with Crippen LogP contribution in [0.25, 0.3) is 5.65 Å². The SMILES string of the molecule is Cc1cc(N2C=CC(=O)CC2)nn2cnnc12. The molecule has 0 spiro atoms. The average Bonchev–Trinajstić information content (AvgIpc) is 2.78. The Bertz CT molecular complexity index is 615. The number of fused-ring (bicyclic) bond motifs is 1. The van der Waals surface area contributed by atoms with Crippen LogP contribution in [-0.4, -0.2) is 32.1 Å². The lowest BCUT2D eigenvalue weighted by molar-refractivity contribution is -0.114. The lowest BCUT2D eigenvalue weighted by Gasteiger charge is -2.21. The highest BCUT2D eigenvalue weighted by Crippen LogP contribution is 2.17. The van der Waals surface area contributed by atoms with Crippen molar-refractivity contribution in [2.24, 2.45) is 0 Å². The molecule has 0 amide bonds. The van der Waals surface area contributed by atoms with E-state index >= 15 is 0 Å². The van der Waals surface area contributed by atoms with Gasteiger partial charge in [0.05, 0.1) is 0 Å². The molecule has 6 nitrogen and oxygen atoms in total. The maximum Gasteiger partial charge on any atom is 0.180 e. The third-order valence-electron chi connectivity index (χ3n) is 2.77. The molecular formula is C11H11N5O. The van der Waals surface area contributed by atoms with Gasteiger partial charge in [-0.15, -0.1) is 15.3 Å². The van der Waals surface area contributed by atoms with Crippen LogP contribution in [0.5, 0.6) is 0 Å². The highest BCUT2D eigenvalue weighted by molar-refractivity contribution is 5.91. The quantitative estimate of drug-likeness (QED) is 0.721. The van der Waals surface area contributed by atoms with Crippen LogP contribution in [0.2, 0.25) is 0 Å². The van der Waals surface area contributed by atoms with Gasteiger partial charge in [-0.25, -0.2) is 0 Å². The molecule has 3 heterocycles. The van der Waals surface area contributed by atoms with Crippen molar-refractivity contribution < 1.29 is 4.79 Å². The van der Waals surface area contributed by atoms with Crippen LogP contribution in [0.3, 0.4) is 0 Å². The highest BCUT2D eigenvalue weighted by Gasteiger charge is 2.14. The van der Waals surface area contributed by atoms with Gasteiger partial charge in [-0.1, -0.05) is 0 Å². The Hall–Kier alpha value is -2.24. The van der Waals surface area contributed by atoms with Crippen LogP contribution in [0.4, 0.5) is 5.82 Å². The molecule has 0 radical (unpaired) electrons. The minimum Gasteiger partial charge on any atom is -0.331 e. The fourth-order valence-corrected chi connectivity index (χ4v) is 1.85. The summed E-state index contributed by atoms with van der Waals surface area (Å²) in [6, 6.07) is 1.95. The van der Waals surface area contributed by atoms with Crippen LogP contribution in [-0.2, 0) is 4.79 Å². The Morgan fingerprint density at radius 3 is 3.06 bits per heavy atom. The number of nitrogens with zero attached hydrogens (tertiary/aromatic N) is 5. The smallest absolute Gasteiger partial charge is 0.180 e. The zero-order valence-corrected chi connectivity index (χ0v) is 9.37. The number of rotatable bonds is 1. The van der Waals surface area contributed by atoms with E-state index in [1.54, 1.807) is 23.1 Å². The second-order valence-corrected chi connectivity index (χ2v) is 4.01. The van der Waals surface area contributed by atoms with E-state index in [9.17, 15) is 4.79 Å². The first kappa shape index (κ1) is 9.95. The number of anilines is 1. The molecule has 0 saturated heterocycles.